The average molecular weight is 201 g/mol. The number of hydrogen-bond acceptors (Lipinski definition) is 3. The Kier molecular flexibility index (Phi) is 2.74. The molecule has 0 aliphatic heterocycles. The lowest BCUT2D eigenvalue weighted by atomic mass is 10.1. The van der Waals surface area contributed by atoms with Crippen molar-refractivity contribution in [2.24, 2.45) is 0 Å². The van der Waals surface area contributed by atoms with Gasteiger partial charge in [-0.25, -0.2) is 0 Å². The van der Waals surface area contributed by atoms with Crippen molar-refractivity contribution in [2.75, 3.05) is 7.11 Å². The minimum atomic E-state index is 0.505. The third kappa shape index (κ3) is 2.02. The summed E-state index contributed by atoms with van der Waals surface area (Å²) in [5.41, 5.74) is 2.45. The fraction of sp³-hybridized carbons (Fsp3) is 0.167. The summed E-state index contributed by atoms with van der Waals surface area (Å²) in [5.74, 6) is 0. The molecule has 0 amide bonds. The lowest BCUT2D eigenvalue weighted by Crippen LogP contribution is -1.92. The number of ether oxygens (including phenoxy) is 1. The summed E-state index contributed by atoms with van der Waals surface area (Å²) in [6.07, 6.45) is 0.836. The van der Waals surface area contributed by atoms with Crippen LogP contribution in [0.25, 0.3) is 10.9 Å². The van der Waals surface area contributed by atoms with Crippen LogP contribution in [0.15, 0.2) is 30.3 Å². The van der Waals surface area contributed by atoms with Crippen molar-refractivity contribution >= 4 is 17.2 Å². The standard InChI is InChI=1S/C12H11NO2/c1-15-8-11-4-3-10-6-9(7-14)2-5-12(10)13-11/h2-7H,8H2,1H3. The first kappa shape index (κ1) is 9.80. The maximum Gasteiger partial charge on any atom is 0.150 e. The summed E-state index contributed by atoms with van der Waals surface area (Å²) < 4.78 is 5.00. The highest BCUT2D eigenvalue weighted by atomic mass is 16.5. The highest BCUT2D eigenvalue weighted by Gasteiger charge is 1.99. The summed E-state index contributed by atoms with van der Waals surface area (Å²) in [6, 6.07) is 9.28. The third-order valence-corrected chi connectivity index (χ3v) is 2.20. The van der Waals surface area contributed by atoms with Gasteiger partial charge in [-0.1, -0.05) is 6.07 Å². The van der Waals surface area contributed by atoms with Crippen LogP contribution in [0.5, 0.6) is 0 Å². The number of aromatic nitrogens is 1. The number of carbonyl (C=O) groups is 1. The Morgan fingerprint density at radius 2 is 2.20 bits per heavy atom. The van der Waals surface area contributed by atoms with Crippen molar-refractivity contribution in [1.29, 1.82) is 0 Å². The normalized spacial score (nSPS) is 10.5. The van der Waals surface area contributed by atoms with Crippen molar-refractivity contribution in [1.82, 2.24) is 4.98 Å². The summed E-state index contributed by atoms with van der Waals surface area (Å²) in [6.45, 7) is 0.505. The number of pyridine rings is 1. The number of carbonyl (C=O) groups excluding carboxylic acids is 1. The number of aldehydes is 1. The van der Waals surface area contributed by atoms with Gasteiger partial charge in [0.2, 0.25) is 0 Å². The largest absolute Gasteiger partial charge is 0.378 e. The fourth-order valence-corrected chi connectivity index (χ4v) is 1.49. The van der Waals surface area contributed by atoms with E-state index in [4.69, 9.17) is 4.74 Å². The summed E-state index contributed by atoms with van der Waals surface area (Å²) in [5, 5.41) is 0.972. The van der Waals surface area contributed by atoms with Gasteiger partial charge in [-0.15, -0.1) is 0 Å². The second-order valence-corrected chi connectivity index (χ2v) is 3.31. The van der Waals surface area contributed by atoms with Gasteiger partial charge in [0.1, 0.15) is 6.29 Å². The number of nitrogens with zero attached hydrogens (tertiary/aromatic N) is 1. The molecule has 1 aromatic heterocycles. The van der Waals surface area contributed by atoms with E-state index in [2.05, 4.69) is 4.98 Å². The molecule has 3 heteroatoms. The molecule has 1 heterocycles. The minimum absolute atomic E-state index is 0.505. The van der Waals surface area contributed by atoms with Gasteiger partial charge in [-0.3, -0.25) is 9.78 Å². The molecule has 0 unspecified atom stereocenters. The van der Waals surface area contributed by atoms with E-state index in [0.29, 0.717) is 12.2 Å². The van der Waals surface area contributed by atoms with Crippen LogP contribution in [0.3, 0.4) is 0 Å². The Labute approximate surface area is 87.7 Å². The van der Waals surface area contributed by atoms with Crippen LogP contribution in [0, 0.1) is 0 Å². The number of hydrogen-bond donors (Lipinski definition) is 0. The maximum absolute atomic E-state index is 10.6. The van der Waals surface area contributed by atoms with Gasteiger partial charge in [0.25, 0.3) is 0 Å². The molecule has 3 nitrogen and oxygen atoms in total. The monoisotopic (exact) mass is 201 g/mol. The van der Waals surface area contributed by atoms with E-state index in [0.717, 1.165) is 22.9 Å². The predicted molar refractivity (Wildman–Crippen MR) is 57.8 cm³/mol. The van der Waals surface area contributed by atoms with Gasteiger partial charge in [0.05, 0.1) is 17.8 Å². The van der Waals surface area contributed by atoms with Gasteiger partial charge < -0.3 is 4.74 Å². The summed E-state index contributed by atoms with van der Waals surface area (Å²) in [7, 11) is 1.64. The smallest absolute Gasteiger partial charge is 0.150 e. The van der Waals surface area contributed by atoms with E-state index in [1.54, 1.807) is 13.2 Å². The molecule has 0 radical (unpaired) electrons. The lowest BCUT2D eigenvalue weighted by Gasteiger charge is -2.02. The average Bonchev–Trinajstić information content (AvgIpc) is 2.29. The zero-order chi connectivity index (χ0) is 10.7. The SMILES string of the molecule is COCc1ccc2cc(C=O)ccc2n1. The molecule has 0 spiro atoms. The van der Waals surface area contributed by atoms with Crippen LogP contribution < -0.4 is 0 Å². The van der Waals surface area contributed by atoms with Crippen LogP contribution in [0.4, 0.5) is 0 Å². The Balaban J connectivity index is 2.49. The fourth-order valence-electron chi connectivity index (χ4n) is 1.49. The second kappa shape index (κ2) is 4.19. The van der Waals surface area contributed by atoms with Crippen molar-refractivity contribution in [3.63, 3.8) is 0 Å². The molecule has 0 aliphatic rings. The van der Waals surface area contributed by atoms with Crippen LogP contribution in [-0.2, 0) is 11.3 Å². The van der Waals surface area contributed by atoms with E-state index >= 15 is 0 Å². The number of methoxy groups -OCH3 is 1. The number of rotatable bonds is 3. The van der Waals surface area contributed by atoms with E-state index < -0.39 is 0 Å². The van der Waals surface area contributed by atoms with E-state index in [1.165, 1.54) is 0 Å². The zero-order valence-corrected chi connectivity index (χ0v) is 8.43. The number of fused-ring (bicyclic) bond motifs is 1. The first-order valence-electron chi connectivity index (χ1n) is 4.67. The second-order valence-electron chi connectivity index (χ2n) is 3.31. The lowest BCUT2D eigenvalue weighted by molar-refractivity contribution is 0.112. The van der Waals surface area contributed by atoms with E-state index in [9.17, 15) is 4.79 Å². The third-order valence-electron chi connectivity index (χ3n) is 2.20. The summed E-state index contributed by atoms with van der Waals surface area (Å²) >= 11 is 0. The van der Waals surface area contributed by atoms with Crippen molar-refractivity contribution in [3.05, 3.63) is 41.6 Å². The molecule has 76 valence electrons. The predicted octanol–water partition coefficient (Wildman–Crippen LogP) is 2.19. The van der Waals surface area contributed by atoms with Crippen LogP contribution in [0.2, 0.25) is 0 Å². The first-order chi connectivity index (χ1) is 7.33. The van der Waals surface area contributed by atoms with Gasteiger partial charge in [0, 0.05) is 18.1 Å². The highest BCUT2D eigenvalue weighted by molar-refractivity contribution is 5.86. The molecule has 0 bridgehead atoms. The van der Waals surface area contributed by atoms with Crippen molar-refractivity contribution < 1.29 is 9.53 Å². The van der Waals surface area contributed by atoms with Gasteiger partial charge in [-0.05, 0) is 24.3 Å². The van der Waals surface area contributed by atoms with Gasteiger partial charge in [0.15, 0.2) is 0 Å². The Hall–Kier alpha value is -1.74. The molecular formula is C12H11NO2. The molecule has 0 fully saturated rings. The molecule has 2 rings (SSSR count). The van der Waals surface area contributed by atoms with Gasteiger partial charge >= 0.3 is 0 Å². The van der Waals surface area contributed by atoms with Gasteiger partial charge in [-0.2, -0.15) is 0 Å². The highest BCUT2D eigenvalue weighted by Crippen LogP contribution is 2.14. The Morgan fingerprint density at radius 3 is 2.93 bits per heavy atom. The van der Waals surface area contributed by atoms with Crippen molar-refractivity contribution in [3.8, 4) is 0 Å². The molecule has 1 aromatic carbocycles. The quantitative estimate of drug-likeness (QED) is 0.714. The molecule has 0 saturated carbocycles. The molecule has 2 aromatic rings. The van der Waals surface area contributed by atoms with Crippen molar-refractivity contribution in [2.45, 2.75) is 6.61 Å². The first-order valence-corrected chi connectivity index (χ1v) is 4.67. The molecule has 0 saturated heterocycles. The summed E-state index contributed by atoms with van der Waals surface area (Å²) in [4.78, 5) is 15.0. The molecule has 0 N–H and O–H groups in total. The van der Waals surface area contributed by atoms with E-state index in [1.807, 2.05) is 24.3 Å². The van der Waals surface area contributed by atoms with Crippen LogP contribution >= 0.6 is 0 Å². The molecule has 15 heavy (non-hydrogen) atoms. The Bertz CT molecular complexity index is 494. The molecular weight excluding hydrogens is 190 g/mol. The zero-order valence-electron chi connectivity index (χ0n) is 8.43. The molecule has 0 atom stereocenters. The Morgan fingerprint density at radius 1 is 1.33 bits per heavy atom. The topological polar surface area (TPSA) is 39.2 Å². The van der Waals surface area contributed by atoms with E-state index in [-0.39, 0.29) is 0 Å². The maximum atomic E-state index is 10.6. The molecule has 0 aliphatic carbocycles. The van der Waals surface area contributed by atoms with Crippen LogP contribution in [-0.4, -0.2) is 18.4 Å². The minimum Gasteiger partial charge on any atom is -0.378 e. The number of benzene rings is 1. The van der Waals surface area contributed by atoms with Crippen LogP contribution in [0.1, 0.15) is 16.1 Å².